The molecule has 30 heavy (non-hydrogen) atoms. The predicted molar refractivity (Wildman–Crippen MR) is 117 cm³/mol. The van der Waals surface area contributed by atoms with Crippen LogP contribution in [0.3, 0.4) is 0 Å². The molecule has 0 spiro atoms. The van der Waals surface area contributed by atoms with E-state index in [-0.39, 0.29) is 17.6 Å². The molecule has 0 bridgehead atoms. The number of piperidine rings is 1. The molecular weight excluding hydrogens is 402 g/mol. The Balaban J connectivity index is 1.66. The van der Waals surface area contributed by atoms with E-state index < -0.39 is 0 Å². The summed E-state index contributed by atoms with van der Waals surface area (Å²) in [6.45, 7) is 4.44. The molecule has 1 aliphatic rings. The van der Waals surface area contributed by atoms with Crippen molar-refractivity contribution in [3.05, 3.63) is 29.8 Å². The zero-order valence-electron chi connectivity index (χ0n) is 17.6. The van der Waals surface area contributed by atoms with E-state index in [2.05, 4.69) is 56.3 Å². The van der Waals surface area contributed by atoms with E-state index >= 15 is 0 Å². The first-order valence-electron chi connectivity index (χ1n) is 10.3. The van der Waals surface area contributed by atoms with Crippen molar-refractivity contribution in [2.75, 3.05) is 37.4 Å². The monoisotopic (exact) mass is 431 g/mol. The molecule has 3 rings (SSSR count). The number of methoxy groups -OCH3 is 1. The number of anilines is 1. The van der Waals surface area contributed by atoms with Crippen molar-refractivity contribution in [2.45, 2.75) is 44.2 Å². The van der Waals surface area contributed by atoms with Crippen LogP contribution in [0.15, 0.2) is 29.4 Å². The van der Waals surface area contributed by atoms with Gasteiger partial charge in [-0.2, -0.15) is 0 Å². The van der Waals surface area contributed by atoms with Crippen LogP contribution in [0.2, 0.25) is 0 Å². The Morgan fingerprint density at radius 2 is 1.87 bits per heavy atom. The van der Waals surface area contributed by atoms with Crippen LogP contribution in [0.4, 0.5) is 5.95 Å². The first-order chi connectivity index (χ1) is 14.6. The summed E-state index contributed by atoms with van der Waals surface area (Å²) in [5, 5.41) is 12.4. The largest absolute Gasteiger partial charge is 0.469 e. The molecule has 2 aromatic rings. The maximum atomic E-state index is 12.2. The van der Waals surface area contributed by atoms with Crippen LogP contribution in [0.5, 0.6) is 0 Å². The number of nitrogens with zero attached hydrogens (tertiary/aromatic N) is 4. The van der Waals surface area contributed by atoms with Crippen LogP contribution in [0, 0.1) is 6.92 Å². The van der Waals surface area contributed by atoms with Gasteiger partial charge in [-0.25, -0.2) is 0 Å². The van der Waals surface area contributed by atoms with Gasteiger partial charge in [0.2, 0.25) is 11.9 Å². The van der Waals surface area contributed by atoms with Crippen LogP contribution in [0.25, 0.3) is 5.69 Å². The summed E-state index contributed by atoms with van der Waals surface area (Å²) in [6.07, 6.45) is 4.40. The third-order valence-electron chi connectivity index (χ3n) is 4.99. The van der Waals surface area contributed by atoms with Crippen LogP contribution >= 0.6 is 11.8 Å². The maximum absolute atomic E-state index is 12.2. The Labute approximate surface area is 181 Å². The average Bonchev–Trinajstić information content (AvgIpc) is 3.20. The second-order valence-corrected chi connectivity index (χ2v) is 8.26. The van der Waals surface area contributed by atoms with Gasteiger partial charge in [0.25, 0.3) is 0 Å². The van der Waals surface area contributed by atoms with Crippen molar-refractivity contribution in [2.24, 2.45) is 0 Å². The van der Waals surface area contributed by atoms with Crippen molar-refractivity contribution in [3.63, 3.8) is 0 Å². The number of ether oxygens (including phenoxy) is 1. The number of amides is 1. The van der Waals surface area contributed by atoms with Crippen molar-refractivity contribution in [1.82, 2.24) is 20.1 Å². The van der Waals surface area contributed by atoms with Gasteiger partial charge < -0.3 is 15.0 Å². The number of aryl methyl sites for hydroxylation is 1. The summed E-state index contributed by atoms with van der Waals surface area (Å²) in [7, 11) is 1.36. The smallest absolute Gasteiger partial charge is 0.305 e. The minimum Gasteiger partial charge on any atom is -0.469 e. The summed E-state index contributed by atoms with van der Waals surface area (Å²) in [5.41, 5.74) is 2.18. The number of thioether (sulfide) groups is 1. The van der Waals surface area contributed by atoms with E-state index in [1.807, 2.05) is 4.57 Å². The lowest BCUT2D eigenvalue weighted by Crippen LogP contribution is -2.31. The summed E-state index contributed by atoms with van der Waals surface area (Å²) in [5.74, 6) is 0.708. The molecule has 1 amide bonds. The predicted octanol–water partition coefficient (Wildman–Crippen LogP) is 2.73. The number of nitrogens with one attached hydrogen (secondary N) is 1. The SMILES string of the molecule is COC(=O)CCCNC(=O)CSc1nnc(N2CCCCC2)n1-c1ccc(C)cc1. The molecule has 1 aliphatic heterocycles. The molecule has 0 radical (unpaired) electrons. The molecule has 1 saturated heterocycles. The molecule has 1 aromatic heterocycles. The lowest BCUT2D eigenvalue weighted by Gasteiger charge is -2.27. The Morgan fingerprint density at radius 1 is 1.13 bits per heavy atom. The fraction of sp³-hybridized carbons (Fsp3) is 0.524. The van der Waals surface area contributed by atoms with E-state index in [0.29, 0.717) is 24.5 Å². The van der Waals surface area contributed by atoms with Crippen molar-refractivity contribution in [3.8, 4) is 5.69 Å². The molecule has 162 valence electrons. The molecule has 0 atom stereocenters. The van der Waals surface area contributed by atoms with Gasteiger partial charge in [-0.1, -0.05) is 29.5 Å². The van der Waals surface area contributed by atoms with Crippen LogP contribution < -0.4 is 10.2 Å². The average molecular weight is 432 g/mol. The second kappa shape index (κ2) is 11.0. The zero-order chi connectivity index (χ0) is 21.3. The highest BCUT2D eigenvalue weighted by Gasteiger charge is 2.22. The first kappa shape index (κ1) is 22.1. The highest BCUT2D eigenvalue weighted by molar-refractivity contribution is 7.99. The van der Waals surface area contributed by atoms with Gasteiger partial charge in [0.15, 0.2) is 5.16 Å². The molecule has 8 nitrogen and oxygen atoms in total. The van der Waals surface area contributed by atoms with E-state index in [1.165, 1.54) is 30.9 Å². The topological polar surface area (TPSA) is 89.3 Å². The van der Waals surface area contributed by atoms with Gasteiger partial charge in [0.1, 0.15) is 0 Å². The molecule has 1 fully saturated rings. The van der Waals surface area contributed by atoms with E-state index in [0.717, 1.165) is 37.6 Å². The number of carbonyl (C=O) groups excluding carboxylic acids is 2. The third kappa shape index (κ3) is 5.98. The Morgan fingerprint density at radius 3 is 2.57 bits per heavy atom. The number of carbonyl (C=O) groups is 2. The lowest BCUT2D eigenvalue weighted by atomic mass is 10.1. The first-order valence-corrected chi connectivity index (χ1v) is 11.3. The summed E-state index contributed by atoms with van der Waals surface area (Å²) in [6, 6.07) is 8.25. The Hall–Kier alpha value is -2.55. The minimum absolute atomic E-state index is 0.0946. The van der Waals surface area contributed by atoms with Gasteiger partial charge in [0, 0.05) is 26.1 Å². The summed E-state index contributed by atoms with van der Waals surface area (Å²) >= 11 is 1.37. The second-order valence-electron chi connectivity index (χ2n) is 7.32. The number of aromatic nitrogens is 3. The van der Waals surface area contributed by atoms with Gasteiger partial charge in [-0.05, 0) is 44.7 Å². The number of hydrogen-bond acceptors (Lipinski definition) is 7. The van der Waals surface area contributed by atoms with Gasteiger partial charge in [0.05, 0.1) is 18.6 Å². The highest BCUT2D eigenvalue weighted by atomic mass is 32.2. The Kier molecular flexibility index (Phi) is 8.12. The zero-order valence-corrected chi connectivity index (χ0v) is 18.4. The molecular formula is C21H29N5O3S. The third-order valence-corrected chi connectivity index (χ3v) is 5.92. The molecule has 1 aromatic carbocycles. The molecule has 1 N–H and O–H groups in total. The summed E-state index contributed by atoms with van der Waals surface area (Å²) < 4.78 is 6.64. The van der Waals surface area contributed by atoms with Gasteiger partial charge in [-0.3, -0.25) is 14.2 Å². The van der Waals surface area contributed by atoms with E-state index in [9.17, 15) is 9.59 Å². The van der Waals surface area contributed by atoms with Crippen LogP contribution in [-0.4, -0.2) is 59.1 Å². The quantitative estimate of drug-likeness (QED) is 0.371. The highest BCUT2D eigenvalue weighted by Crippen LogP contribution is 2.28. The van der Waals surface area contributed by atoms with Crippen LogP contribution in [-0.2, 0) is 14.3 Å². The molecule has 0 unspecified atom stereocenters. The maximum Gasteiger partial charge on any atom is 0.305 e. The van der Waals surface area contributed by atoms with Crippen molar-refractivity contribution >= 4 is 29.6 Å². The molecule has 2 heterocycles. The van der Waals surface area contributed by atoms with Crippen molar-refractivity contribution in [1.29, 1.82) is 0 Å². The van der Waals surface area contributed by atoms with E-state index in [4.69, 9.17) is 0 Å². The molecule has 9 heteroatoms. The van der Waals surface area contributed by atoms with Gasteiger partial charge in [-0.15, -0.1) is 10.2 Å². The van der Waals surface area contributed by atoms with Crippen LogP contribution in [0.1, 0.15) is 37.7 Å². The minimum atomic E-state index is -0.268. The lowest BCUT2D eigenvalue weighted by molar-refractivity contribution is -0.140. The number of hydrogen-bond donors (Lipinski definition) is 1. The van der Waals surface area contributed by atoms with Gasteiger partial charge >= 0.3 is 5.97 Å². The van der Waals surface area contributed by atoms with Crippen molar-refractivity contribution < 1.29 is 14.3 Å². The molecule has 0 aliphatic carbocycles. The number of benzene rings is 1. The fourth-order valence-corrected chi connectivity index (χ4v) is 4.09. The normalized spacial score (nSPS) is 13.9. The number of esters is 1. The molecule has 0 saturated carbocycles. The fourth-order valence-electron chi connectivity index (χ4n) is 3.32. The van der Waals surface area contributed by atoms with E-state index in [1.54, 1.807) is 0 Å². The summed E-state index contributed by atoms with van der Waals surface area (Å²) in [4.78, 5) is 25.6. The Bertz CT molecular complexity index is 847. The standard InChI is InChI=1S/C21H29N5O3S/c1-16-8-10-17(11-9-16)26-20(25-13-4-3-5-14-25)23-24-21(26)30-15-18(27)22-12-6-7-19(28)29-2/h8-11H,3-7,12-15H2,1-2H3,(H,22,27). The number of rotatable bonds is 9.